The van der Waals surface area contributed by atoms with Gasteiger partial charge in [0.1, 0.15) is 11.6 Å². The molecule has 0 amide bonds. The first-order valence-electron chi connectivity index (χ1n) is 8.02. The third kappa shape index (κ3) is 5.28. The van der Waals surface area contributed by atoms with Gasteiger partial charge in [-0.1, -0.05) is 18.2 Å². The van der Waals surface area contributed by atoms with Gasteiger partial charge < -0.3 is 10.6 Å². The minimum atomic E-state index is -0.605. The van der Waals surface area contributed by atoms with Gasteiger partial charge in [0, 0.05) is 18.2 Å². The number of guanidine groups is 1. The van der Waals surface area contributed by atoms with Crippen LogP contribution in [0.3, 0.4) is 0 Å². The minimum Gasteiger partial charge on any atom is -0.357 e. The van der Waals surface area contributed by atoms with E-state index in [0.29, 0.717) is 30.2 Å². The lowest BCUT2D eigenvalue weighted by Gasteiger charge is -2.18. The summed E-state index contributed by atoms with van der Waals surface area (Å²) < 4.78 is 26.9. The summed E-state index contributed by atoms with van der Waals surface area (Å²) in [4.78, 5) is 4.46. The summed E-state index contributed by atoms with van der Waals surface area (Å²) >= 11 is 0. The molecule has 0 bridgehead atoms. The van der Waals surface area contributed by atoms with Crippen LogP contribution in [-0.2, 0) is 6.54 Å². The molecule has 2 rings (SSSR count). The zero-order chi connectivity index (χ0) is 18.2. The van der Waals surface area contributed by atoms with Gasteiger partial charge in [-0.05, 0) is 37.6 Å². The lowest BCUT2D eigenvalue weighted by atomic mass is 10.1. The third-order valence-electron chi connectivity index (χ3n) is 3.60. The van der Waals surface area contributed by atoms with Crippen molar-refractivity contribution in [3.63, 3.8) is 0 Å². The van der Waals surface area contributed by atoms with Crippen LogP contribution in [0, 0.1) is 23.0 Å². The molecule has 130 valence electrons. The van der Waals surface area contributed by atoms with E-state index in [-0.39, 0.29) is 6.04 Å². The van der Waals surface area contributed by atoms with Crippen LogP contribution < -0.4 is 10.6 Å². The van der Waals surface area contributed by atoms with Gasteiger partial charge in [-0.3, -0.25) is 0 Å². The van der Waals surface area contributed by atoms with Gasteiger partial charge in [0.05, 0.1) is 24.2 Å². The zero-order valence-corrected chi connectivity index (χ0v) is 14.2. The van der Waals surface area contributed by atoms with E-state index in [4.69, 9.17) is 5.26 Å². The molecule has 0 aliphatic carbocycles. The lowest BCUT2D eigenvalue weighted by molar-refractivity contribution is 0.551. The maximum Gasteiger partial charge on any atom is 0.192 e. The largest absolute Gasteiger partial charge is 0.357 e. The van der Waals surface area contributed by atoms with Crippen LogP contribution in [0.5, 0.6) is 0 Å². The smallest absolute Gasteiger partial charge is 0.192 e. The second kappa shape index (κ2) is 8.78. The molecule has 0 saturated carbocycles. The maximum absolute atomic E-state index is 13.9. The van der Waals surface area contributed by atoms with E-state index in [1.807, 2.05) is 13.0 Å². The first kappa shape index (κ1) is 18.4. The second-order valence-electron chi connectivity index (χ2n) is 5.54. The number of halogens is 2. The van der Waals surface area contributed by atoms with Gasteiger partial charge in [0.15, 0.2) is 5.96 Å². The van der Waals surface area contributed by atoms with Crippen molar-refractivity contribution in [3.8, 4) is 6.07 Å². The molecule has 0 heterocycles. The van der Waals surface area contributed by atoms with Crippen molar-refractivity contribution in [2.24, 2.45) is 4.99 Å². The molecule has 25 heavy (non-hydrogen) atoms. The van der Waals surface area contributed by atoms with Gasteiger partial charge >= 0.3 is 0 Å². The molecule has 1 unspecified atom stereocenters. The van der Waals surface area contributed by atoms with Crippen molar-refractivity contribution in [2.45, 2.75) is 26.4 Å². The predicted octanol–water partition coefficient (Wildman–Crippen LogP) is 3.65. The fraction of sp³-hybridized carbons (Fsp3) is 0.263. The van der Waals surface area contributed by atoms with Gasteiger partial charge in [0.2, 0.25) is 0 Å². The van der Waals surface area contributed by atoms with Gasteiger partial charge in [-0.25, -0.2) is 13.8 Å². The molecule has 2 N–H and O–H groups in total. The fourth-order valence-corrected chi connectivity index (χ4v) is 2.37. The number of nitrogens with one attached hydrogen (secondary N) is 2. The number of hydrogen-bond donors (Lipinski definition) is 2. The monoisotopic (exact) mass is 342 g/mol. The van der Waals surface area contributed by atoms with E-state index in [2.05, 4.69) is 21.7 Å². The molecule has 0 aliphatic rings. The molecular weight excluding hydrogens is 322 g/mol. The summed E-state index contributed by atoms with van der Waals surface area (Å²) in [5.41, 5.74) is 1.84. The lowest BCUT2D eigenvalue weighted by Crippen LogP contribution is -2.39. The van der Waals surface area contributed by atoms with Crippen molar-refractivity contribution in [1.82, 2.24) is 10.6 Å². The highest BCUT2D eigenvalue weighted by atomic mass is 19.1. The summed E-state index contributed by atoms with van der Waals surface area (Å²) in [5.74, 6) is -0.690. The highest BCUT2D eigenvalue weighted by Gasteiger charge is 2.13. The maximum atomic E-state index is 13.9. The van der Waals surface area contributed by atoms with Gasteiger partial charge in [0.25, 0.3) is 0 Å². The number of benzene rings is 2. The number of nitrogens with zero attached hydrogens (tertiary/aromatic N) is 2. The average Bonchev–Trinajstić information content (AvgIpc) is 2.60. The molecule has 0 fully saturated rings. The van der Waals surface area contributed by atoms with E-state index in [9.17, 15) is 8.78 Å². The van der Waals surface area contributed by atoms with Crippen LogP contribution in [0.15, 0.2) is 47.5 Å². The summed E-state index contributed by atoms with van der Waals surface area (Å²) in [5, 5.41) is 15.1. The molecular formula is C19H20F2N4. The molecule has 1 atom stereocenters. The Hall–Kier alpha value is -2.94. The van der Waals surface area contributed by atoms with Gasteiger partial charge in [-0.15, -0.1) is 0 Å². The third-order valence-corrected chi connectivity index (χ3v) is 3.60. The first-order chi connectivity index (χ1) is 12.0. The highest BCUT2D eigenvalue weighted by Crippen LogP contribution is 2.17. The molecule has 4 nitrogen and oxygen atoms in total. The minimum absolute atomic E-state index is 0.360. The molecule has 2 aromatic carbocycles. The molecule has 0 aromatic heterocycles. The number of hydrogen-bond acceptors (Lipinski definition) is 2. The van der Waals surface area contributed by atoms with E-state index in [1.165, 1.54) is 12.1 Å². The first-order valence-corrected chi connectivity index (χ1v) is 8.02. The quantitative estimate of drug-likeness (QED) is 0.644. The van der Waals surface area contributed by atoms with E-state index in [1.54, 1.807) is 25.1 Å². The van der Waals surface area contributed by atoms with Crippen LogP contribution in [0.4, 0.5) is 8.78 Å². The standard InChI is InChI=1S/C19H20F2N4/c1-3-23-19(24-12-15-6-4-5-14(9-15)11-22)25-13(2)17-8-7-16(20)10-18(17)21/h4-10,13H,3,12H2,1-2H3,(H2,23,24,25). The van der Waals surface area contributed by atoms with Crippen LogP contribution >= 0.6 is 0 Å². The van der Waals surface area contributed by atoms with Crippen molar-refractivity contribution < 1.29 is 8.78 Å². The summed E-state index contributed by atoms with van der Waals surface area (Å²) in [7, 11) is 0. The Labute approximate surface area is 146 Å². The van der Waals surface area contributed by atoms with Crippen molar-refractivity contribution >= 4 is 5.96 Å². The highest BCUT2D eigenvalue weighted by molar-refractivity contribution is 5.80. The van der Waals surface area contributed by atoms with Crippen molar-refractivity contribution in [1.29, 1.82) is 5.26 Å². The Morgan fingerprint density at radius 1 is 1.24 bits per heavy atom. The molecule has 0 spiro atoms. The summed E-state index contributed by atoms with van der Waals surface area (Å²) in [6, 6.07) is 12.4. The summed E-state index contributed by atoms with van der Waals surface area (Å²) in [6.07, 6.45) is 0. The summed E-state index contributed by atoms with van der Waals surface area (Å²) in [6.45, 7) is 4.72. The zero-order valence-electron chi connectivity index (χ0n) is 14.2. The number of aliphatic imine (C=N–C) groups is 1. The van der Waals surface area contributed by atoms with Crippen LogP contribution in [0.1, 0.15) is 36.6 Å². The van der Waals surface area contributed by atoms with Crippen LogP contribution in [0.25, 0.3) is 0 Å². The SMILES string of the molecule is CCNC(=NCc1cccc(C#N)c1)NC(C)c1ccc(F)cc1F. The number of nitriles is 1. The van der Waals surface area contributed by atoms with E-state index < -0.39 is 11.6 Å². The van der Waals surface area contributed by atoms with Crippen LogP contribution in [-0.4, -0.2) is 12.5 Å². The Kier molecular flexibility index (Phi) is 6.47. The fourth-order valence-electron chi connectivity index (χ4n) is 2.37. The van der Waals surface area contributed by atoms with E-state index >= 15 is 0 Å². The topological polar surface area (TPSA) is 60.2 Å². The Bertz CT molecular complexity index is 796. The Balaban J connectivity index is 2.12. The molecule has 0 radical (unpaired) electrons. The Morgan fingerprint density at radius 3 is 2.72 bits per heavy atom. The predicted molar refractivity (Wildman–Crippen MR) is 93.9 cm³/mol. The Morgan fingerprint density at radius 2 is 2.04 bits per heavy atom. The molecule has 6 heteroatoms. The van der Waals surface area contributed by atoms with E-state index in [0.717, 1.165) is 11.6 Å². The molecule has 0 saturated heterocycles. The van der Waals surface area contributed by atoms with Gasteiger partial charge in [-0.2, -0.15) is 5.26 Å². The van der Waals surface area contributed by atoms with Crippen molar-refractivity contribution in [2.75, 3.05) is 6.54 Å². The molecule has 0 aliphatic heterocycles. The normalized spacial score (nSPS) is 12.4. The average molecular weight is 342 g/mol. The van der Waals surface area contributed by atoms with Crippen molar-refractivity contribution in [3.05, 3.63) is 70.8 Å². The molecule has 2 aromatic rings. The second-order valence-corrected chi connectivity index (χ2v) is 5.54. The van der Waals surface area contributed by atoms with Crippen LogP contribution in [0.2, 0.25) is 0 Å². The number of rotatable bonds is 5.